The van der Waals surface area contributed by atoms with Gasteiger partial charge >= 0.3 is 0 Å². The van der Waals surface area contributed by atoms with E-state index in [9.17, 15) is 18.6 Å². The highest BCUT2D eigenvalue weighted by Crippen LogP contribution is 2.29. The Morgan fingerprint density at radius 3 is 2.42 bits per heavy atom. The summed E-state index contributed by atoms with van der Waals surface area (Å²) in [5.41, 5.74) is -0.584. The topological polar surface area (TPSA) is 110 Å². The van der Waals surface area contributed by atoms with Crippen LogP contribution in [-0.2, 0) is 10.0 Å². The average Bonchev–Trinajstić information content (AvgIpc) is 3.03. The molecule has 168 valence electrons. The molecule has 10 heteroatoms. The van der Waals surface area contributed by atoms with Crippen LogP contribution in [0.5, 0.6) is 0 Å². The summed E-state index contributed by atoms with van der Waals surface area (Å²) in [4.78, 5) is 13.2. The summed E-state index contributed by atoms with van der Waals surface area (Å²) >= 11 is 0. The van der Waals surface area contributed by atoms with Gasteiger partial charge in [-0.25, -0.2) is 18.4 Å². The molecule has 0 aliphatic carbocycles. The van der Waals surface area contributed by atoms with E-state index in [1.54, 1.807) is 18.2 Å². The van der Waals surface area contributed by atoms with Crippen LogP contribution in [0, 0.1) is 13.8 Å². The molecule has 3 heterocycles. The molecule has 31 heavy (non-hydrogen) atoms. The first kappa shape index (κ1) is 22.1. The fourth-order valence-electron chi connectivity index (χ4n) is 4.30. The van der Waals surface area contributed by atoms with Gasteiger partial charge in [-0.3, -0.25) is 4.90 Å². The Labute approximate surface area is 183 Å². The molecule has 9 nitrogen and oxygen atoms in total. The number of aryl methyl sites for hydroxylation is 2. The molecule has 0 radical (unpaired) electrons. The molecule has 2 aliphatic rings. The van der Waals surface area contributed by atoms with Crippen molar-refractivity contribution in [3.63, 3.8) is 0 Å². The SMILES string of the molecule is Cc1cc(N2CCN(C[C@]3(O)CN(S(=O)(=O)c4ccccc4)C[C@H]3O)CC2)nc(C)n1. The first-order valence-electron chi connectivity index (χ1n) is 10.4. The fraction of sp³-hybridized carbons (Fsp3) is 0.524. The number of hydrogen-bond acceptors (Lipinski definition) is 8. The number of aromatic nitrogens is 2. The third kappa shape index (κ3) is 4.58. The number of sulfonamides is 1. The summed E-state index contributed by atoms with van der Waals surface area (Å²) in [6, 6.07) is 10.1. The van der Waals surface area contributed by atoms with E-state index in [2.05, 4.69) is 19.8 Å². The summed E-state index contributed by atoms with van der Waals surface area (Å²) in [7, 11) is -3.76. The first-order chi connectivity index (χ1) is 14.7. The molecule has 2 saturated heterocycles. The molecule has 1 aromatic carbocycles. The largest absolute Gasteiger partial charge is 0.389 e. The average molecular weight is 448 g/mol. The van der Waals surface area contributed by atoms with E-state index in [0.717, 1.165) is 30.4 Å². The predicted octanol–water partition coefficient (Wildman–Crippen LogP) is 0.0119. The van der Waals surface area contributed by atoms with Gasteiger partial charge in [-0.1, -0.05) is 18.2 Å². The minimum atomic E-state index is -3.76. The maximum absolute atomic E-state index is 12.9. The van der Waals surface area contributed by atoms with Crippen LogP contribution in [0.25, 0.3) is 0 Å². The van der Waals surface area contributed by atoms with Gasteiger partial charge in [-0.15, -0.1) is 0 Å². The Morgan fingerprint density at radius 1 is 1.10 bits per heavy atom. The lowest BCUT2D eigenvalue weighted by molar-refractivity contribution is -0.0615. The van der Waals surface area contributed by atoms with Gasteiger partial charge in [0.25, 0.3) is 0 Å². The number of piperazine rings is 1. The second-order valence-electron chi connectivity index (χ2n) is 8.41. The van der Waals surface area contributed by atoms with Crippen LogP contribution in [0.3, 0.4) is 0 Å². The molecule has 2 fully saturated rings. The molecule has 2 aliphatic heterocycles. The molecule has 2 atom stereocenters. The van der Waals surface area contributed by atoms with E-state index in [1.807, 2.05) is 19.9 Å². The number of rotatable bonds is 5. The van der Waals surface area contributed by atoms with Gasteiger partial charge < -0.3 is 15.1 Å². The summed E-state index contributed by atoms with van der Waals surface area (Å²) in [5.74, 6) is 1.63. The second-order valence-corrected chi connectivity index (χ2v) is 10.3. The minimum Gasteiger partial charge on any atom is -0.389 e. The van der Waals surface area contributed by atoms with Crippen LogP contribution in [0.1, 0.15) is 11.5 Å². The maximum Gasteiger partial charge on any atom is 0.243 e. The van der Waals surface area contributed by atoms with Crippen molar-refractivity contribution in [1.82, 2.24) is 19.2 Å². The van der Waals surface area contributed by atoms with Gasteiger partial charge in [0.15, 0.2) is 0 Å². The quantitative estimate of drug-likeness (QED) is 0.660. The van der Waals surface area contributed by atoms with Crippen molar-refractivity contribution in [3.8, 4) is 0 Å². The standard InChI is InChI=1S/C21H29N5O4S/c1-16-12-20(23-17(2)22-16)25-10-8-24(9-11-25)14-21(28)15-26(13-19(21)27)31(29,30)18-6-4-3-5-7-18/h3-7,12,19,27-28H,8-11,13-15H2,1-2H3/t19-,21+/m1/s1. The van der Waals surface area contributed by atoms with Gasteiger partial charge in [0.2, 0.25) is 10.0 Å². The van der Waals surface area contributed by atoms with E-state index in [-0.39, 0.29) is 24.5 Å². The van der Waals surface area contributed by atoms with Gasteiger partial charge in [0, 0.05) is 57.6 Å². The van der Waals surface area contributed by atoms with Crippen LogP contribution in [0.2, 0.25) is 0 Å². The molecule has 1 aromatic heterocycles. The number of benzene rings is 1. The van der Waals surface area contributed by atoms with Crippen molar-refractivity contribution < 1.29 is 18.6 Å². The molecular weight excluding hydrogens is 418 g/mol. The molecule has 0 spiro atoms. The lowest BCUT2D eigenvalue weighted by Crippen LogP contribution is -2.56. The van der Waals surface area contributed by atoms with Crippen molar-refractivity contribution in [3.05, 3.63) is 47.9 Å². The van der Waals surface area contributed by atoms with Gasteiger partial charge in [0.1, 0.15) is 17.2 Å². The highest BCUT2D eigenvalue weighted by atomic mass is 32.2. The lowest BCUT2D eigenvalue weighted by Gasteiger charge is -2.39. The Hall–Kier alpha value is -2.11. The normalized spacial score (nSPS) is 25.8. The molecule has 2 aromatic rings. The highest BCUT2D eigenvalue weighted by Gasteiger charge is 2.49. The zero-order valence-electron chi connectivity index (χ0n) is 17.8. The molecule has 0 unspecified atom stereocenters. The van der Waals surface area contributed by atoms with Crippen molar-refractivity contribution in [2.75, 3.05) is 50.7 Å². The second kappa shape index (κ2) is 8.44. The number of hydrogen-bond donors (Lipinski definition) is 2. The Kier molecular flexibility index (Phi) is 6.01. The van der Waals surface area contributed by atoms with Crippen LogP contribution < -0.4 is 4.90 Å². The zero-order valence-corrected chi connectivity index (χ0v) is 18.7. The highest BCUT2D eigenvalue weighted by molar-refractivity contribution is 7.89. The van der Waals surface area contributed by atoms with Crippen LogP contribution in [0.4, 0.5) is 5.82 Å². The van der Waals surface area contributed by atoms with Crippen molar-refractivity contribution in [1.29, 1.82) is 0 Å². The van der Waals surface area contributed by atoms with Crippen molar-refractivity contribution in [2.45, 2.75) is 30.4 Å². The Bertz CT molecular complexity index is 1010. The summed E-state index contributed by atoms with van der Waals surface area (Å²) in [5, 5.41) is 21.7. The zero-order chi connectivity index (χ0) is 22.2. The van der Waals surface area contributed by atoms with Gasteiger partial charge in [-0.05, 0) is 26.0 Å². The third-order valence-corrected chi connectivity index (χ3v) is 7.80. The van der Waals surface area contributed by atoms with Crippen LogP contribution in [0.15, 0.2) is 41.3 Å². The number of β-amino-alcohol motifs (C(OH)–C–C–N with tert-alkyl or cyclic N) is 2. The molecular formula is C21H29N5O4S. The monoisotopic (exact) mass is 447 g/mol. The van der Waals surface area contributed by atoms with Crippen LogP contribution in [-0.4, -0.2) is 95.3 Å². The van der Waals surface area contributed by atoms with E-state index in [4.69, 9.17) is 0 Å². The van der Waals surface area contributed by atoms with Crippen LogP contribution >= 0.6 is 0 Å². The smallest absolute Gasteiger partial charge is 0.243 e. The Morgan fingerprint density at radius 2 is 1.77 bits per heavy atom. The first-order valence-corrected chi connectivity index (χ1v) is 11.9. The molecule has 2 N–H and O–H groups in total. The number of aliphatic hydroxyl groups excluding tert-OH is 1. The third-order valence-electron chi connectivity index (χ3n) is 5.97. The molecule has 0 saturated carbocycles. The van der Waals surface area contributed by atoms with E-state index in [0.29, 0.717) is 13.1 Å². The molecule has 0 amide bonds. The molecule has 0 bridgehead atoms. The summed E-state index contributed by atoms with van der Waals surface area (Å²) < 4.78 is 26.9. The molecule has 4 rings (SSSR count). The number of aliphatic hydroxyl groups is 2. The fourth-order valence-corrected chi connectivity index (χ4v) is 5.83. The minimum absolute atomic E-state index is 0.118. The van der Waals surface area contributed by atoms with Crippen molar-refractivity contribution >= 4 is 15.8 Å². The maximum atomic E-state index is 12.9. The van der Waals surface area contributed by atoms with E-state index >= 15 is 0 Å². The van der Waals surface area contributed by atoms with E-state index < -0.39 is 21.7 Å². The van der Waals surface area contributed by atoms with Crippen molar-refractivity contribution in [2.24, 2.45) is 0 Å². The number of nitrogens with zero attached hydrogens (tertiary/aromatic N) is 5. The predicted molar refractivity (Wildman–Crippen MR) is 116 cm³/mol. The number of anilines is 1. The summed E-state index contributed by atoms with van der Waals surface area (Å²) in [6.07, 6.45) is -1.14. The summed E-state index contributed by atoms with van der Waals surface area (Å²) in [6.45, 7) is 6.61. The van der Waals surface area contributed by atoms with E-state index in [1.165, 1.54) is 16.4 Å². The van der Waals surface area contributed by atoms with Gasteiger partial charge in [0.05, 0.1) is 11.0 Å². The Balaban J connectivity index is 1.39. The van der Waals surface area contributed by atoms with Gasteiger partial charge in [-0.2, -0.15) is 4.31 Å². The lowest BCUT2D eigenvalue weighted by atomic mass is 9.99.